The number of unbranched alkanes of at least 4 members (excludes halogenated alkanes) is 19. The Hall–Kier alpha value is -2.42. The van der Waals surface area contributed by atoms with Crippen LogP contribution in [0, 0.1) is 0 Å². The summed E-state index contributed by atoms with van der Waals surface area (Å²) in [7, 11) is 0. The van der Waals surface area contributed by atoms with Gasteiger partial charge in [0, 0.05) is 6.42 Å². The van der Waals surface area contributed by atoms with E-state index in [-0.39, 0.29) is 11.4 Å². The Morgan fingerprint density at radius 1 is 0.463 bits per heavy atom. The Kier molecular flexibility index (Phi) is 30.2. The molecule has 232 valence electrons. The van der Waals surface area contributed by atoms with Crippen molar-refractivity contribution in [2.24, 2.45) is 0 Å². The molecule has 0 aliphatic rings. The molecule has 0 bridgehead atoms. The Bertz CT molecular complexity index is 794. The summed E-state index contributed by atoms with van der Waals surface area (Å²) in [4.78, 5) is 23.9. The molecule has 0 radical (unpaired) electrons. The zero-order valence-corrected chi connectivity index (χ0v) is 26.7. The second-order valence-electron chi connectivity index (χ2n) is 11.2. The third-order valence-electron chi connectivity index (χ3n) is 7.30. The molecule has 0 aliphatic heterocycles. The molecule has 0 unspecified atom stereocenters. The van der Waals surface area contributed by atoms with Crippen molar-refractivity contribution < 1.29 is 14.7 Å². The van der Waals surface area contributed by atoms with Crippen LogP contribution < -0.4 is 0 Å². The van der Waals surface area contributed by atoms with Gasteiger partial charge in [-0.1, -0.05) is 190 Å². The van der Waals surface area contributed by atoms with Gasteiger partial charge in [0.25, 0.3) is 0 Å². The summed E-state index contributed by atoms with van der Waals surface area (Å²) < 4.78 is 0. The molecule has 41 heavy (non-hydrogen) atoms. The van der Waals surface area contributed by atoms with Gasteiger partial charge in [-0.05, 0) is 25.3 Å². The molecule has 0 heterocycles. The van der Waals surface area contributed by atoms with Gasteiger partial charge in [-0.25, -0.2) is 4.79 Å². The summed E-state index contributed by atoms with van der Waals surface area (Å²) in [6, 6.07) is 0. The van der Waals surface area contributed by atoms with Crippen LogP contribution in [0.5, 0.6) is 0 Å². The molecule has 0 saturated carbocycles. The van der Waals surface area contributed by atoms with Crippen molar-refractivity contribution >= 4 is 11.8 Å². The summed E-state index contributed by atoms with van der Waals surface area (Å²) in [5.41, 5.74) is -0.129. The molecule has 0 rings (SSSR count). The maximum absolute atomic E-state index is 12.4. The molecule has 0 aromatic carbocycles. The van der Waals surface area contributed by atoms with Crippen molar-refractivity contribution in [1.82, 2.24) is 0 Å². The SMILES string of the molecule is CCCCCCCCCC=CC=CC=CC=CC=CC=C(C(=O)O)C(=O)CCCCCCCCCCCCCCC. The lowest BCUT2D eigenvalue weighted by Crippen LogP contribution is -2.11. The topological polar surface area (TPSA) is 54.4 Å². The molecule has 0 atom stereocenters. The molecule has 0 saturated heterocycles. The zero-order chi connectivity index (χ0) is 30.1. The van der Waals surface area contributed by atoms with E-state index in [2.05, 4.69) is 26.0 Å². The van der Waals surface area contributed by atoms with Gasteiger partial charge < -0.3 is 5.11 Å². The second-order valence-corrected chi connectivity index (χ2v) is 11.2. The van der Waals surface area contributed by atoms with E-state index in [0.29, 0.717) is 6.42 Å². The van der Waals surface area contributed by atoms with Crippen molar-refractivity contribution in [2.45, 2.75) is 155 Å². The maximum Gasteiger partial charge on any atom is 0.339 e. The number of hydrogen-bond donors (Lipinski definition) is 1. The number of aliphatic carboxylic acids is 1. The second kappa shape index (κ2) is 32.1. The minimum atomic E-state index is -1.15. The first kappa shape index (κ1) is 38.6. The van der Waals surface area contributed by atoms with Crippen LogP contribution in [0.1, 0.15) is 155 Å². The fraction of sp³-hybridized carbons (Fsp3) is 0.632. The van der Waals surface area contributed by atoms with Crippen molar-refractivity contribution in [2.75, 3.05) is 0 Å². The van der Waals surface area contributed by atoms with Crippen LogP contribution in [0.4, 0.5) is 0 Å². The number of ketones is 1. The molecule has 0 fully saturated rings. The van der Waals surface area contributed by atoms with Gasteiger partial charge in [-0.15, -0.1) is 0 Å². The Labute approximate surface area is 253 Å². The van der Waals surface area contributed by atoms with Gasteiger partial charge in [0.05, 0.1) is 0 Å². The molecule has 1 N–H and O–H groups in total. The highest BCUT2D eigenvalue weighted by atomic mass is 16.4. The van der Waals surface area contributed by atoms with E-state index >= 15 is 0 Å². The largest absolute Gasteiger partial charge is 0.478 e. The first-order valence-electron chi connectivity index (χ1n) is 16.9. The van der Waals surface area contributed by atoms with Crippen molar-refractivity contribution in [1.29, 1.82) is 0 Å². The van der Waals surface area contributed by atoms with Gasteiger partial charge in [0.1, 0.15) is 5.57 Å². The summed E-state index contributed by atoms with van der Waals surface area (Å²) >= 11 is 0. The molecule has 0 amide bonds. The number of carbonyl (C=O) groups excluding carboxylic acids is 1. The fourth-order valence-electron chi connectivity index (χ4n) is 4.72. The number of hydrogen-bond acceptors (Lipinski definition) is 2. The number of carbonyl (C=O) groups is 2. The van der Waals surface area contributed by atoms with E-state index in [9.17, 15) is 14.7 Å². The smallest absolute Gasteiger partial charge is 0.339 e. The first-order chi connectivity index (χ1) is 20.1. The van der Waals surface area contributed by atoms with Crippen molar-refractivity contribution in [3.05, 3.63) is 72.4 Å². The van der Waals surface area contributed by atoms with Crippen LogP contribution in [0.15, 0.2) is 72.4 Å². The normalized spacial score (nSPS) is 12.8. The minimum Gasteiger partial charge on any atom is -0.478 e. The number of rotatable bonds is 29. The predicted molar refractivity (Wildman–Crippen MR) is 179 cm³/mol. The zero-order valence-electron chi connectivity index (χ0n) is 26.7. The molecule has 0 spiro atoms. The van der Waals surface area contributed by atoms with Gasteiger partial charge in [-0.2, -0.15) is 0 Å². The van der Waals surface area contributed by atoms with E-state index < -0.39 is 5.97 Å². The van der Waals surface area contributed by atoms with Crippen LogP contribution in [0.25, 0.3) is 0 Å². The summed E-state index contributed by atoms with van der Waals surface area (Å²) in [5, 5.41) is 9.43. The predicted octanol–water partition coefficient (Wildman–Crippen LogP) is 12.0. The molecule has 0 aromatic heterocycles. The van der Waals surface area contributed by atoms with E-state index in [1.54, 1.807) is 12.2 Å². The average Bonchev–Trinajstić information content (AvgIpc) is 2.96. The van der Waals surface area contributed by atoms with Gasteiger partial charge in [-0.3, -0.25) is 4.79 Å². The Morgan fingerprint density at radius 2 is 0.829 bits per heavy atom. The fourth-order valence-corrected chi connectivity index (χ4v) is 4.72. The van der Waals surface area contributed by atoms with Gasteiger partial charge >= 0.3 is 5.97 Å². The Morgan fingerprint density at radius 3 is 1.27 bits per heavy atom. The van der Waals surface area contributed by atoms with Crippen LogP contribution >= 0.6 is 0 Å². The van der Waals surface area contributed by atoms with Crippen molar-refractivity contribution in [3.8, 4) is 0 Å². The number of Topliss-reactive ketones (excluding diaryl/α,β-unsaturated/α-hetero) is 1. The molecular weight excluding hydrogens is 504 g/mol. The molecule has 0 aromatic rings. The van der Waals surface area contributed by atoms with Gasteiger partial charge in [0.2, 0.25) is 0 Å². The third-order valence-corrected chi connectivity index (χ3v) is 7.30. The maximum atomic E-state index is 12.4. The lowest BCUT2D eigenvalue weighted by atomic mass is 10.0. The minimum absolute atomic E-state index is 0.129. The molecule has 3 heteroatoms. The van der Waals surface area contributed by atoms with E-state index in [1.165, 1.54) is 115 Å². The monoisotopic (exact) mass is 566 g/mol. The molecule has 0 aliphatic carbocycles. The highest BCUT2D eigenvalue weighted by Gasteiger charge is 2.15. The summed E-state index contributed by atoms with van der Waals surface area (Å²) in [6.45, 7) is 4.51. The standard InChI is InChI=1S/C38H62O3/c1-3-5-7-9-11-13-15-17-18-19-20-21-23-24-26-28-30-32-34-36(38(40)41)37(39)35-33-31-29-27-25-22-16-14-12-10-8-6-4-2/h18-21,23-24,26,28,30,32,34H,3-17,22,25,27,29,31,33,35H2,1-2H3,(H,40,41). The number of carboxylic acid groups (broad SMARTS) is 1. The van der Waals surface area contributed by atoms with E-state index in [1.807, 2.05) is 36.5 Å². The highest BCUT2D eigenvalue weighted by molar-refractivity contribution is 6.16. The lowest BCUT2D eigenvalue weighted by Gasteiger charge is -2.03. The molecule has 3 nitrogen and oxygen atoms in total. The van der Waals surface area contributed by atoms with Crippen LogP contribution in [-0.2, 0) is 9.59 Å². The van der Waals surface area contributed by atoms with Crippen LogP contribution in [0.2, 0.25) is 0 Å². The number of allylic oxidation sites excluding steroid dienone is 11. The number of carboxylic acids is 1. The summed E-state index contributed by atoms with van der Waals surface area (Å²) in [5.74, 6) is -1.43. The van der Waals surface area contributed by atoms with Crippen LogP contribution in [-0.4, -0.2) is 16.9 Å². The lowest BCUT2D eigenvalue weighted by molar-refractivity contribution is -0.134. The van der Waals surface area contributed by atoms with E-state index in [0.717, 1.165) is 25.7 Å². The highest BCUT2D eigenvalue weighted by Crippen LogP contribution is 2.14. The average molecular weight is 567 g/mol. The third kappa shape index (κ3) is 28.9. The van der Waals surface area contributed by atoms with E-state index in [4.69, 9.17) is 0 Å². The molecular formula is C38H62O3. The quantitative estimate of drug-likeness (QED) is 0.0322. The van der Waals surface area contributed by atoms with Crippen molar-refractivity contribution in [3.63, 3.8) is 0 Å². The Balaban J connectivity index is 3.99. The van der Waals surface area contributed by atoms with Gasteiger partial charge in [0.15, 0.2) is 5.78 Å². The first-order valence-corrected chi connectivity index (χ1v) is 16.9. The van der Waals surface area contributed by atoms with Crippen LogP contribution in [0.3, 0.4) is 0 Å². The summed E-state index contributed by atoms with van der Waals surface area (Å²) in [6.07, 6.45) is 47.7.